The first kappa shape index (κ1) is 17.3. The quantitative estimate of drug-likeness (QED) is 0.642. The third-order valence-electron chi connectivity index (χ3n) is 4.89. The Balaban J connectivity index is 1.59. The Kier molecular flexibility index (Phi) is 5.39. The number of ether oxygens (including phenoxy) is 1. The molecule has 0 saturated carbocycles. The lowest BCUT2D eigenvalue weighted by Gasteiger charge is -2.32. The average molecular weight is 368 g/mol. The van der Waals surface area contributed by atoms with E-state index in [-0.39, 0.29) is 17.8 Å². The van der Waals surface area contributed by atoms with Gasteiger partial charge in [-0.2, -0.15) is 0 Å². The Bertz CT molecular complexity index is 808. The van der Waals surface area contributed by atoms with E-state index in [1.54, 1.807) is 11.3 Å². The van der Waals surface area contributed by atoms with Crippen LogP contribution >= 0.6 is 11.3 Å². The highest BCUT2D eigenvalue weighted by atomic mass is 32.1. The van der Waals surface area contributed by atoms with Crippen molar-refractivity contribution in [2.45, 2.75) is 25.0 Å². The van der Waals surface area contributed by atoms with Crippen LogP contribution in [0.25, 0.3) is 0 Å². The van der Waals surface area contributed by atoms with Crippen molar-refractivity contribution in [2.75, 3.05) is 13.2 Å². The molecule has 1 aromatic carbocycles. The molecular formula is C21H21FN2OS. The molecule has 1 fully saturated rings. The van der Waals surface area contributed by atoms with Gasteiger partial charge in [0.1, 0.15) is 5.82 Å². The number of rotatable bonds is 6. The number of hydrogen-bond acceptors (Lipinski definition) is 4. The second-order valence-corrected chi connectivity index (χ2v) is 7.63. The molecule has 1 saturated heterocycles. The molecule has 0 spiro atoms. The maximum Gasteiger partial charge on any atom is 0.123 e. The molecule has 26 heavy (non-hydrogen) atoms. The normalized spacial score (nSPS) is 19.9. The van der Waals surface area contributed by atoms with Crippen LogP contribution in [0.3, 0.4) is 0 Å². The second kappa shape index (κ2) is 8.08. The molecule has 134 valence electrons. The van der Waals surface area contributed by atoms with Crippen LogP contribution in [0.5, 0.6) is 0 Å². The van der Waals surface area contributed by atoms with Crippen molar-refractivity contribution in [3.8, 4) is 0 Å². The van der Waals surface area contributed by atoms with Gasteiger partial charge in [0, 0.05) is 42.3 Å². The molecule has 4 rings (SSSR count). The first-order chi connectivity index (χ1) is 12.8. The van der Waals surface area contributed by atoms with E-state index >= 15 is 0 Å². The summed E-state index contributed by atoms with van der Waals surface area (Å²) in [5.41, 5.74) is 2.38. The molecule has 0 aliphatic carbocycles. The van der Waals surface area contributed by atoms with Crippen molar-refractivity contribution in [1.29, 1.82) is 0 Å². The van der Waals surface area contributed by atoms with Crippen molar-refractivity contribution in [2.24, 2.45) is 0 Å². The van der Waals surface area contributed by atoms with Crippen molar-refractivity contribution in [1.82, 2.24) is 9.88 Å². The zero-order valence-corrected chi connectivity index (χ0v) is 15.2. The van der Waals surface area contributed by atoms with Crippen molar-refractivity contribution < 1.29 is 9.13 Å². The van der Waals surface area contributed by atoms with Gasteiger partial charge >= 0.3 is 0 Å². The summed E-state index contributed by atoms with van der Waals surface area (Å²) < 4.78 is 19.2. The molecule has 1 aliphatic rings. The molecular weight excluding hydrogens is 347 g/mol. The van der Waals surface area contributed by atoms with Crippen LogP contribution in [-0.2, 0) is 17.8 Å². The molecule has 0 bridgehead atoms. The molecule has 1 aliphatic heterocycles. The van der Waals surface area contributed by atoms with Crippen LogP contribution in [0.15, 0.2) is 66.3 Å². The maximum atomic E-state index is 13.3. The first-order valence-electron chi connectivity index (χ1n) is 8.78. The number of halogens is 1. The third kappa shape index (κ3) is 4.01. The second-order valence-electron chi connectivity index (χ2n) is 6.60. The third-order valence-corrected chi connectivity index (χ3v) is 5.75. The van der Waals surface area contributed by atoms with Crippen LogP contribution in [0.2, 0.25) is 0 Å². The molecule has 2 atom stereocenters. The van der Waals surface area contributed by atoms with Gasteiger partial charge in [-0.15, -0.1) is 11.3 Å². The Hall–Kier alpha value is -2.08. The zero-order valence-electron chi connectivity index (χ0n) is 14.4. The Morgan fingerprint density at radius 2 is 1.85 bits per heavy atom. The van der Waals surface area contributed by atoms with Gasteiger partial charge in [0.05, 0.1) is 13.2 Å². The van der Waals surface area contributed by atoms with Crippen molar-refractivity contribution in [3.05, 3.63) is 88.1 Å². The molecule has 0 unspecified atom stereocenters. The van der Waals surface area contributed by atoms with Crippen molar-refractivity contribution in [3.63, 3.8) is 0 Å². The van der Waals surface area contributed by atoms with E-state index in [4.69, 9.17) is 4.74 Å². The molecule has 3 nitrogen and oxygen atoms in total. The predicted molar refractivity (Wildman–Crippen MR) is 102 cm³/mol. The van der Waals surface area contributed by atoms with E-state index in [9.17, 15) is 4.39 Å². The lowest BCUT2D eigenvalue weighted by atomic mass is 9.93. The summed E-state index contributed by atoms with van der Waals surface area (Å²) in [6.45, 7) is 3.09. The molecule has 0 N–H and O–H groups in total. The molecule has 5 heteroatoms. The average Bonchev–Trinajstić information content (AvgIpc) is 3.34. The monoisotopic (exact) mass is 368 g/mol. The maximum absolute atomic E-state index is 13.3. The summed E-state index contributed by atoms with van der Waals surface area (Å²) in [6, 6.07) is 15.5. The fraction of sp³-hybridized carbons (Fsp3) is 0.286. The fourth-order valence-corrected chi connectivity index (χ4v) is 4.28. The van der Waals surface area contributed by atoms with Crippen LogP contribution < -0.4 is 0 Å². The Labute approximate surface area is 157 Å². The Morgan fingerprint density at radius 1 is 1.04 bits per heavy atom. The molecule has 2 aromatic heterocycles. The SMILES string of the molecule is Fc1ccc([C@@H]2COC[C@H]2N(Cc2ccncc2)Cc2cccs2)cc1. The van der Waals surface area contributed by atoms with Gasteiger partial charge in [0.15, 0.2) is 0 Å². The van der Waals surface area contributed by atoms with Crippen LogP contribution in [-0.4, -0.2) is 29.1 Å². The number of hydrogen-bond donors (Lipinski definition) is 0. The lowest BCUT2D eigenvalue weighted by molar-refractivity contribution is 0.133. The summed E-state index contributed by atoms with van der Waals surface area (Å²) in [5, 5.41) is 2.11. The van der Waals surface area contributed by atoms with Gasteiger partial charge in [-0.25, -0.2) is 4.39 Å². The highest BCUT2D eigenvalue weighted by Crippen LogP contribution is 2.32. The standard InChI is InChI=1S/C21H21FN2OS/c22-18-5-3-17(4-6-18)20-14-25-15-21(20)24(13-19-2-1-11-26-19)12-16-7-9-23-10-8-16/h1-11,20-21H,12-15H2/t20-,21+/m0/s1. The highest BCUT2D eigenvalue weighted by molar-refractivity contribution is 7.09. The van der Waals surface area contributed by atoms with E-state index in [1.165, 1.54) is 22.6 Å². The predicted octanol–water partition coefficient (Wildman–Crippen LogP) is 4.47. The minimum Gasteiger partial charge on any atom is -0.379 e. The van der Waals surface area contributed by atoms with Gasteiger partial charge < -0.3 is 4.74 Å². The van der Waals surface area contributed by atoms with E-state index < -0.39 is 0 Å². The lowest BCUT2D eigenvalue weighted by Crippen LogP contribution is -2.38. The van der Waals surface area contributed by atoms with Gasteiger partial charge in [0.25, 0.3) is 0 Å². The van der Waals surface area contributed by atoms with E-state index in [2.05, 4.69) is 39.5 Å². The molecule has 0 amide bonds. The van der Waals surface area contributed by atoms with Crippen LogP contribution in [0.4, 0.5) is 4.39 Å². The minimum absolute atomic E-state index is 0.198. The van der Waals surface area contributed by atoms with Gasteiger partial charge in [-0.05, 0) is 46.8 Å². The molecule has 3 heterocycles. The van der Waals surface area contributed by atoms with E-state index in [0.717, 1.165) is 18.7 Å². The number of pyridine rings is 1. The first-order valence-corrected chi connectivity index (χ1v) is 9.66. The summed E-state index contributed by atoms with van der Waals surface area (Å²) in [4.78, 5) is 7.93. The number of aromatic nitrogens is 1. The van der Waals surface area contributed by atoms with Gasteiger partial charge in [-0.3, -0.25) is 9.88 Å². The number of nitrogens with zero attached hydrogens (tertiary/aromatic N) is 2. The molecule has 3 aromatic rings. The summed E-state index contributed by atoms with van der Waals surface area (Å²) in [6.07, 6.45) is 3.67. The fourth-order valence-electron chi connectivity index (χ4n) is 3.55. The van der Waals surface area contributed by atoms with E-state index in [1.807, 2.05) is 24.5 Å². The number of benzene rings is 1. The smallest absolute Gasteiger partial charge is 0.123 e. The summed E-state index contributed by atoms with van der Waals surface area (Å²) in [5.74, 6) is 0.0499. The van der Waals surface area contributed by atoms with Gasteiger partial charge in [-0.1, -0.05) is 18.2 Å². The largest absolute Gasteiger partial charge is 0.379 e. The highest BCUT2D eigenvalue weighted by Gasteiger charge is 2.34. The minimum atomic E-state index is -0.198. The van der Waals surface area contributed by atoms with E-state index in [0.29, 0.717) is 13.2 Å². The van der Waals surface area contributed by atoms with Crippen molar-refractivity contribution >= 4 is 11.3 Å². The summed E-state index contributed by atoms with van der Waals surface area (Å²) >= 11 is 1.78. The summed E-state index contributed by atoms with van der Waals surface area (Å²) in [7, 11) is 0. The number of thiophene rings is 1. The topological polar surface area (TPSA) is 25.4 Å². The van der Waals surface area contributed by atoms with Gasteiger partial charge in [0.2, 0.25) is 0 Å². The van der Waals surface area contributed by atoms with Crippen LogP contribution in [0, 0.1) is 5.82 Å². The zero-order chi connectivity index (χ0) is 17.8. The molecule has 0 radical (unpaired) electrons. The Morgan fingerprint density at radius 3 is 2.58 bits per heavy atom. The van der Waals surface area contributed by atoms with Crippen LogP contribution in [0.1, 0.15) is 21.9 Å².